The Balaban J connectivity index is 1.67. The molecule has 1 fully saturated rings. The molecule has 0 radical (unpaired) electrons. The van der Waals surface area contributed by atoms with E-state index in [1.54, 1.807) is 6.07 Å². The predicted octanol–water partition coefficient (Wildman–Crippen LogP) is 3.07. The molecule has 0 saturated carbocycles. The van der Waals surface area contributed by atoms with E-state index in [9.17, 15) is 9.18 Å². The summed E-state index contributed by atoms with van der Waals surface area (Å²) in [6, 6.07) is 8.53. The maximum absolute atomic E-state index is 13.0. The van der Waals surface area contributed by atoms with Gasteiger partial charge in [0.2, 0.25) is 5.91 Å². The number of aryl methyl sites for hydroxylation is 1. The molecule has 1 saturated heterocycles. The Kier molecular flexibility index (Phi) is 3.96. The zero-order chi connectivity index (χ0) is 15.7. The Morgan fingerprint density at radius 2 is 2.14 bits per heavy atom. The van der Waals surface area contributed by atoms with Crippen LogP contribution in [-0.2, 0) is 11.2 Å². The Bertz CT molecular complexity index is 666. The molecule has 2 heterocycles. The van der Waals surface area contributed by atoms with Gasteiger partial charge in [-0.05, 0) is 38.0 Å². The number of hydrogen-bond acceptors (Lipinski definition) is 3. The number of halogens is 1. The molecule has 1 aromatic carbocycles. The first-order valence-electron chi connectivity index (χ1n) is 7.50. The van der Waals surface area contributed by atoms with Crippen molar-refractivity contribution in [3.05, 3.63) is 53.2 Å². The van der Waals surface area contributed by atoms with Gasteiger partial charge in [-0.15, -0.1) is 0 Å². The average Bonchev–Trinajstić information content (AvgIpc) is 3.06. The number of rotatable bonds is 3. The highest BCUT2D eigenvalue weighted by atomic mass is 19.1. The number of carbonyl (C=O) groups is 1. The summed E-state index contributed by atoms with van der Waals surface area (Å²) in [6.45, 7) is 4.53. The van der Waals surface area contributed by atoms with Crippen molar-refractivity contribution in [1.29, 1.82) is 0 Å². The van der Waals surface area contributed by atoms with E-state index in [4.69, 9.17) is 4.52 Å². The molecule has 116 valence electrons. The molecule has 2 atom stereocenters. The van der Waals surface area contributed by atoms with Crippen molar-refractivity contribution >= 4 is 5.91 Å². The van der Waals surface area contributed by atoms with Crippen molar-refractivity contribution in [2.75, 3.05) is 6.54 Å². The van der Waals surface area contributed by atoms with E-state index in [1.165, 1.54) is 12.1 Å². The summed E-state index contributed by atoms with van der Waals surface area (Å²) in [5.41, 5.74) is 1.75. The molecule has 5 heteroatoms. The monoisotopic (exact) mass is 302 g/mol. The zero-order valence-electron chi connectivity index (χ0n) is 12.8. The molecule has 0 N–H and O–H groups in total. The van der Waals surface area contributed by atoms with Crippen LogP contribution >= 0.6 is 0 Å². The first kappa shape index (κ1) is 14.8. The summed E-state index contributed by atoms with van der Waals surface area (Å²) in [6.07, 6.45) is 1.16. The lowest BCUT2D eigenvalue weighted by molar-refractivity contribution is -0.131. The third kappa shape index (κ3) is 3.03. The largest absolute Gasteiger partial charge is 0.361 e. The minimum atomic E-state index is -0.232. The van der Waals surface area contributed by atoms with Crippen molar-refractivity contribution < 1.29 is 13.7 Å². The van der Waals surface area contributed by atoms with Crippen LogP contribution in [0.2, 0.25) is 0 Å². The molecular formula is C17H19FN2O2. The first-order chi connectivity index (χ1) is 10.5. The van der Waals surface area contributed by atoms with Gasteiger partial charge in [-0.1, -0.05) is 17.3 Å². The minimum Gasteiger partial charge on any atom is -0.361 e. The SMILES string of the molecule is Cc1cc(CC(=O)N2C[C@@H](c3ccc(F)cc3)C[C@@H]2C)no1. The van der Waals surface area contributed by atoms with Crippen molar-refractivity contribution in [2.45, 2.75) is 38.6 Å². The highest BCUT2D eigenvalue weighted by molar-refractivity contribution is 5.79. The minimum absolute atomic E-state index is 0.0606. The maximum atomic E-state index is 13.0. The quantitative estimate of drug-likeness (QED) is 0.875. The highest BCUT2D eigenvalue weighted by Crippen LogP contribution is 2.32. The Morgan fingerprint density at radius 3 is 2.77 bits per heavy atom. The molecule has 1 aliphatic heterocycles. The van der Waals surface area contributed by atoms with E-state index < -0.39 is 0 Å². The summed E-state index contributed by atoms with van der Waals surface area (Å²) >= 11 is 0. The van der Waals surface area contributed by atoms with Gasteiger partial charge in [-0.25, -0.2) is 4.39 Å². The second kappa shape index (κ2) is 5.91. The molecule has 2 aromatic rings. The fourth-order valence-electron chi connectivity index (χ4n) is 3.11. The summed E-state index contributed by atoms with van der Waals surface area (Å²) in [5.74, 6) is 0.801. The molecule has 3 rings (SSSR count). The van der Waals surface area contributed by atoms with Crippen LogP contribution < -0.4 is 0 Å². The van der Waals surface area contributed by atoms with E-state index in [0.29, 0.717) is 18.0 Å². The molecule has 4 nitrogen and oxygen atoms in total. The van der Waals surface area contributed by atoms with Crippen LogP contribution in [0, 0.1) is 12.7 Å². The second-order valence-electron chi connectivity index (χ2n) is 5.98. The number of aromatic nitrogens is 1. The fourth-order valence-corrected chi connectivity index (χ4v) is 3.11. The number of likely N-dealkylation sites (tertiary alicyclic amines) is 1. The van der Waals surface area contributed by atoms with Gasteiger partial charge in [0.25, 0.3) is 0 Å². The molecule has 0 spiro atoms. The lowest BCUT2D eigenvalue weighted by atomic mass is 9.97. The number of nitrogens with zero attached hydrogens (tertiary/aromatic N) is 2. The second-order valence-corrected chi connectivity index (χ2v) is 5.98. The zero-order valence-corrected chi connectivity index (χ0v) is 12.8. The third-order valence-electron chi connectivity index (χ3n) is 4.25. The van der Waals surface area contributed by atoms with Gasteiger partial charge in [-0.3, -0.25) is 4.79 Å². The molecule has 0 unspecified atom stereocenters. The van der Waals surface area contributed by atoms with E-state index in [0.717, 1.165) is 12.0 Å². The van der Waals surface area contributed by atoms with Crippen LogP contribution in [0.15, 0.2) is 34.9 Å². The van der Waals surface area contributed by atoms with Crippen LogP contribution in [0.25, 0.3) is 0 Å². The number of carbonyl (C=O) groups excluding carboxylic acids is 1. The number of amides is 1. The summed E-state index contributed by atoms with van der Waals surface area (Å²) in [4.78, 5) is 14.3. The Labute approximate surface area is 128 Å². The number of hydrogen-bond donors (Lipinski definition) is 0. The van der Waals surface area contributed by atoms with Crippen LogP contribution in [-0.4, -0.2) is 28.6 Å². The molecule has 0 aliphatic carbocycles. The lowest BCUT2D eigenvalue weighted by Crippen LogP contribution is -2.35. The predicted molar refractivity (Wildman–Crippen MR) is 79.9 cm³/mol. The summed E-state index contributed by atoms with van der Waals surface area (Å²) in [5, 5.41) is 3.87. The van der Waals surface area contributed by atoms with Crippen LogP contribution in [0.5, 0.6) is 0 Å². The number of benzene rings is 1. The van der Waals surface area contributed by atoms with Crippen molar-refractivity contribution in [1.82, 2.24) is 10.1 Å². The third-order valence-corrected chi connectivity index (χ3v) is 4.25. The average molecular weight is 302 g/mol. The van der Waals surface area contributed by atoms with Crippen molar-refractivity contribution in [2.24, 2.45) is 0 Å². The molecule has 0 bridgehead atoms. The van der Waals surface area contributed by atoms with Gasteiger partial charge in [0.1, 0.15) is 11.6 Å². The van der Waals surface area contributed by atoms with Gasteiger partial charge < -0.3 is 9.42 Å². The van der Waals surface area contributed by atoms with Crippen LogP contribution in [0.3, 0.4) is 0 Å². The van der Waals surface area contributed by atoms with Gasteiger partial charge in [0.15, 0.2) is 0 Å². The highest BCUT2D eigenvalue weighted by Gasteiger charge is 2.33. The van der Waals surface area contributed by atoms with Gasteiger partial charge in [0, 0.05) is 24.6 Å². The first-order valence-corrected chi connectivity index (χ1v) is 7.50. The molecule has 1 aromatic heterocycles. The normalized spacial score (nSPS) is 21.3. The Hall–Kier alpha value is -2.17. The smallest absolute Gasteiger partial charge is 0.228 e. The van der Waals surface area contributed by atoms with Gasteiger partial charge >= 0.3 is 0 Å². The fraction of sp³-hybridized carbons (Fsp3) is 0.412. The topological polar surface area (TPSA) is 46.3 Å². The maximum Gasteiger partial charge on any atom is 0.228 e. The molecule has 1 amide bonds. The lowest BCUT2D eigenvalue weighted by Gasteiger charge is -2.21. The van der Waals surface area contributed by atoms with Crippen LogP contribution in [0.1, 0.15) is 36.3 Å². The van der Waals surface area contributed by atoms with Crippen LogP contribution in [0.4, 0.5) is 4.39 Å². The van der Waals surface area contributed by atoms with Crippen molar-refractivity contribution in [3.63, 3.8) is 0 Å². The molecule has 1 aliphatic rings. The standard InChI is InChI=1S/C17H19FN2O2/c1-11-7-14(13-3-5-15(18)6-4-13)10-20(11)17(21)9-16-8-12(2)22-19-16/h3-6,8,11,14H,7,9-10H2,1-2H3/t11-,14-/m0/s1. The van der Waals surface area contributed by atoms with E-state index in [1.807, 2.05) is 24.0 Å². The summed E-state index contributed by atoms with van der Waals surface area (Å²) in [7, 11) is 0. The van der Waals surface area contributed by atoms with Crippen molar-refractivity contribution in [3.8, 4) is 0 Å². The molecule has 22 heavy (non-hydrogen) atoms. The van der Waals surface area contributed by atoms with E-state index >= 15 is 0 Å². The Morgan fingerprint density at radius 1 is 1.41 bits per heavy atom. The van der Waals surface area contributed by atoms with Gasteiger partial charge in [0.05, 0.1) is 12.1 Å². The van der Waals surface area contributed by atoms with E-state index in [-0.39, 0.29) is 30.1 Å². The van der Waals surface area contributed by atoms with E-state index in [2.05, 4.69) is 12.1 Å². The van der Waals surface area contributed by atoms with Gasteiger partial charge in [-0.2, -0.15) is 0 Å². The summed E-state index contributed by atoms with van der Waals surface area (Å²) < 4.78 is 18.0. The molecular weight excluding hydrogens is 283 g/mol.